The van der Waals surface area contributed by atoms with E-state index >= 15 is 0 Å². The third-order valence-electron chi connectivity index (χ3n) is 4.63. The topological polar surface area (TPSA) is 83.8 Å². The molecule has 0 aliphatic rings. The summed E-state index contributed by atoms with van der Waals surface area (Å²) in [5.74, 6) is 0.243. The number of carbonyl (C=O) groups is 1. The molecule has 3 aromatic carbocycles. The molecule has 0 radical (unpaired) electrons. The number of rotatable bonds is 5. The van der Waals surface area contributed by atoms with E-state index in [1.807, 2.05) is 54.6 Å². The normalized spacial score (nSPS) is 11.0. The number of carbonyl (C=O) groups excluding carboxylic acids is 1. The summed E-state index contributed by atoms with van der Waals surface area (Å²) < 4.78 is 5.14. The molecule has 1 aromatic heterocycles. The highest BCUT2D eigenvalue weighted by atomic mass is 16.5. The smallest absolute Gasteiger partial charge is 0.272 e. The van der Waals surface area contributed by atoms with Crippen LogP contribution in [-0.4, -0.2) is 29.3 Å². The van der Waals surface area contributed by atoms with Gasteiger partial charge in [0.2, 0.25) is 0 Å². The lowest BCUT2D eigenvalue weighted by atomic mass is 10.0. The molecule has 0 atom stereocenters. The average Bonchev–Trinajstić information content (AvgIpc) is 2.80. The summed E-state index contributed by atoms with van der Waals surface area (Å²) in [5, 5.41) is 14.7. The van der Waals surface area contributed by atoms with Gasteiger partial charge in [-0.2, -0.15) is 5.10 Å². The first-order valence-corrected chi connectivity index (χ1v) is 9.31. The summed E-state index contributed by atoms with van der Waals surface area (Å²) in [4.78, 5) is 17.6. The zero-order valence-corrected chi connectivity index (χ0v) is 16.2. The van der Waals surface area contributed by atoms with E-state index in [4.69, 9.17) is 4.74 Å². The van der Waals surface area contributed by atoms with Gasteiger partial charge in [-0.25, -0.2) is 10.4 Å². The third kappa shape index (κ3) is 3.98. The van der Waals surface area contributed by atoms with E-state index in [0.717, 1.165) is 16.5 Å². The van der Waals surface area contributed by atoms with Gasteiger partial charge in [0.05, 0.1) is 30.1 Å². The van der Waals surface area contributed by atoms with E-state index in [1.165, 1.54) is 19.4 Å². The monoisotopic (exact) mass is 397 g/mol. The molecule has 2 N–H and O–H groups in total. The molecule has 0 aliphatic heterocycles. The van der Waals surface area contributed by atoms with Gasteiger partial charge in [-0.3, -0.25) is 4.79 Å². The number of fused-ring (bicyclic) bond motifs is 1. The van der Waals surface area contributed by atoms with Crippen molar-refractivity contribution >= 4 is 23.0 Å². The van der Waals surface area contributed by atoms with Crippen LogP contribution in [-0.2, 0) is 0 Å². The van der Waals surface area contributed by atoms with Crippen LogP contribution in [0.5, 0.6) is 11.5 Å². The molecule has 1 amide bonds. The molecule has 0 fully saturated rings. The number of pyridine rings is 1. The van der Waals surface area contributed by atoms with Crippen LogP contribution in [0.15, 0.2) is 84.0 Å². The number of hydrogen-bond acceptors (Lipinski definition) is 5. The lowest BCUT2D eigenvalue weighted by molar-refractivity contribution is 0.0956. The lowest BCUT2D eigenvalue weighted by Gasteiger charge is -2.09. The Morgan fingerprint density at radius 3 is 2.60 bits per heavy atom. The Labute approximate surface area is 173 Å². The van der Waals surface area contributed by atoms with Crippen LogP contribution in [0.1, 0.15) is 15.9 Å². The number of aromatic hydroxyl groups is 1. The molecule has 0 aliphatic carbocycles. The van der Waals surface area contributed by atoms with Crippen molar-refractivity contribution in [2.45, 2.75) is 0 Å². The number of hydrogen-bond donors (Lipinski definition) is 2. The zero-order valence-electron chi connectivity index (χ0n) is 16.2. The minimum absolute atomic E-state index is 0.0366. The number of para-hydroxylation sites is 1. The number of amides is 1. The predicted molar refractivity (Wildman–Crippen MR) is 117 cm³/mol. The Morgan fingerprint density at radius 2 is 1.80 bits per heavy atom. The van der Waals surface area contributed by atoms with Crippen molar-refractivity contribution in [1.29, 1.82) is 0 Å². The molecule has 0 unspecified atom stereocenters. The number of benzene rings is 3. The van der Waals surface area contributed by atoms with Gasteiger partial charge >= 0.3 is 0 Å². The summed E-state index contributed by atoms with van der Waals surface area (Å²) in [7, 11) is 1.54. The molecule has 0 bridgehead atoms. The minimum Gasteiger partial charge on any atom is -0.507 e. The van der Waals surface area contributed by atoms with E-state index in [2.05, 4.69) is 15.5 Å². The van der Waals surface area contributed by atoms with Gasteiger partial charge in [0, 0.05) is 16.5 Å². The number of methoxy groups -OCH3 is 1. The summed E-state index contributed by atoms with van der Waals surface area (Å²) in [6.45, 7) is 0. The predicted octanol–water partition coefficient (Wildman–Crippen LogP) is 4.38. The van der Waals surface area contributed by atoms with Crippen LogP contribution < -0.4 is 10.2 Å². The largest absolute Gasteiger partial charge is 0.507 e. The molecule has 4 rings (SSSR count). The van der Waals surface area contributed by atoms with E-state index in [0.29, 0.717) is 22.6 Å². The fourth-order valence-corrected chi connectivity index (χ4v) is 3.10. The molecule has 6 nitrogen and oxygen atoms in total. The van der Waals surface area contributed by atoms with Crippen LogP contribution in [0.3, 0.4) is 0 Å². The maximum atomic E-state index is 12.9. The standard InChI is InChI=1S/C24H19N3O3/c1-30-18-11-12-23(28)17(13-18)15-25-27-24(29)20-14-22(16-7-3-2-4-8-16)26-21-10-6-5-9-19(20)21/h2-15,28H,1H3,(H,27,29). The molecular weight excluding hydrogens is 378 g/mol. The number of phenols is 1. The first kappa shape index (κ1) is 19.1. The summed E-state index contributed by atoms with van der Waals surface area (Å²) in [6, 6.07) is 23.7. The Morgan fingerprint density at radius 1 is 1.03 bits per heavy atom. The van der Waals surface area contributed by atoms with Crippen LogP contribution >= 0.6 is 0 Å². The molecule has 148 valence electrons. The highest BCUT2D eigenvalue weighted by Gasteiger charge is 2.13. The van der Waals surface area contributed by atoms with Crippen LogP contribution in [0.2, 0.25) is 0 Å². The minimum atomic E-state index is -0.371. The number of nitrogens with zero attached hydrogens (tertiary/aromatic N) is 2. The molecule has 4 aromatic rings. The maximum absolute atomic E-state index is 12.9. The SMILES string of the molecule is COc1ccc(O)c(C=NNC(=O)c2cc(-c3ccccc3)nc3ccccc23)c1. The second-order valence-corrected chi connectivity index (χ2v) is 6.56. The van der Waals surface area contributed by atoms with Crippen molar-refractivity contribution in [1.82, 2.24) is 10.4 Å². The first-order valence-electron chi connectivity index (χ1n) is 9.31. The summed E-state index contributed by atoms with van der Waals surface area (Å²) in [5.41, 5.74) is 5.77. The fraction of sp³-hybridized carbons (Fsp3) is 0.0417. The van der Waals surface area contributed by atoms with Gasteiger partial charge in [-0.05, 0) is 30.3 Å². The van der Waals surface area contributed by atoms with E-state index in [-0.39, 0.29) is 11.7 Å². The van der Waals surface area contributed by atoms with Crippen LogP contribution in [0.25, 0.3) is 22.2 Å². The first-order chi connectivity index (χ1) is 14.7. The number of ether oxygens (including phenoxy) is 1. The highest BCUT2D eigenvalue weighted by Crippen LogP contribution is 2.25. The second-order valence-electron chi connectivity index (χ2n) is 6.56. The Kier molecular flexibility index (Phi) is 5.39. The number of hydrazone groups is 1. The van der Waals surface area contributed by atoms with Crippen molar-refractivity contribution in [3.05, 3.63) is 90.0 Å². The summed E-state index contributed by atoms with van der Waals surface area (Å²) >= 11 is 0. The van der Waals surface area contributed by atoms with Crippen molar-refractivity contribution < 1.29 is 14.6 Å². The fourth-order valence-electron chi connectivity index (χ4n) is 3.10. The van der Waals surface area contributed by atoms with Gasteiger partial charge < -0.3 is 9.84 Å². The molecule has 1 heterocycles. The molecule has 0 saturated heterocycles. The quantitative estimate of drug-likeness (QED) is 0.387. The maximum Gasteiger partial charge on any atom is 0.272 e. The molecule has 0 saturated carbocycles. The van der Waals surface area contributed by atoms with E-state index in [9.17, 15) is 9.90 Å². The number of aromatic nitrogens is 1. The average molecular weight is 397 g/mol. The van der Waals surface area contributed by atoms with Gasteiger partial charge in [0.15, 0.2) is 0 Å². The Balaban J connectivity index is 1.66. The lowest BCUT2D eigenvalue weighted by Crippen LogP contribution is -2.18. The number of nitrogens with one attached hydrogen (secondary N) is 1. The molecule has 6 heteroatoms. The van der Waals surface area contributed by atoms with Gasteiger partial charge in [-0.1, -0.05) is 48.5 Å². The van der Waals surface area contributed by atoms with E-state index in [1.54, 1.807) is 18.2 Å². The third-order valence-corrected chi connectivity index (χ3v) is 4.63. The second kappa shape index (κ2) is 8.45. The van der Waals surface area contributed by atoms with Gasteiger partial charge in [0.1, 0.15) is 11.5 Å². The Hall–Kier alpha value is -4.19. The van der Waals surface area contributed by atoms with Crippen molar-refractivity contribution in [2.75, 3.05) is 7.11 Å². The van der Waals surface area contributed by atoms with Crippen LogP contribution in [0, 0.1) is 0 Å². The molecular formula is C24H19N3O3. The van der Waals surface area contributed by atoms with E-state index < -0.39 is 0 Å². The number of phenolic OH excluding ortho intramolecular Hbond substituents is 1. The van der Waals surface area contributed by atoms with Crippen molar-refractivity contribution in [3.63, 3.8) is 0 Å². The molecule has 30 heavy (non-hydrogen) atoms. The van der Waals surface area contributed by atoms with Gasteiger partial charge in [0.25, 0.3) is 5.91 Å². The molecule has 0 spiro atoms. The zero-order chi connectivity index (χ0) is 20.9. The van der Waals surface area contributed by atoms with Crippen molar-refractivity contribution in [3.8, 4) is 22.8 Å². The Bertz CT molecular complexity index is 1240. The van der Waals surface area contributed by atoms with Gasteiger partial charge in [-0.15, -0.1) is 0 Å². The van der Waals surface area contributed by atoms with Crippen molar-refractivity contribution in [2.24, 2.45) is 5.10 Å². The highest BCUT2D eigenvalue weighted by molar-refractivity contribution is 6.07. The van der Waals surface area contributed by atoms with Crippen LogP contribution in [0.4, 0.5) is 0 Å². The summed E-state index contributed by atoms with van der Waals surface area (Å²) in [6.07, 6.45) is 1.37.